The minimum atomic E-state index is -0.834. The van der Waals surface area contributed by atoms with E-state index in [0.717, 1.165) is 33.5 Å². The summed E-state index contributed by atoms with van der Waals surface area (Å²) in [5.74, 6) is 0.164. The maximum atomic E-state index is 12.8. The number of ether oxygens (including phenoxy) is 3. The Morgan fingerprint density at radius 1 is 0.922 bits per heavy atom. The number of amides is 2. The Bertz CT molecular complexity index is 1870. The number of esters is 1. The van der Waals surface area contributed by atoms with E-state index in [4.69, 9.17) is 14.2 Å². The number of phenols is 1. The van der Waals surface area contributed by atoms with Crippen LogP contribution in [0.25, 0.3) is 5.69 Å². The summed E-state index contributed by atoms with van der Waals surface area (Å²) in [6.45, 7) is 0.182. The van der Waals surface area contributed by atoms with Gasteiger partial charge in [0.25, 0.3) is 0 Å². The number of benzene rings is 4. The molecule has 1 aromatic heterocycles. The molecular weight excluding hydrogens is 673 g/mol. The van der Waals surface area contributed by atoms with Gasteiger partial charge in [-0.1, -0.05) is 90.6 Å². The molecule has 264 valence electrons. The van der Waals surface area contributed by atoms with E-state index in [1.54, 1.807) is 28.9 Å². The molecule has 2 amide bonds. The van der Waals surface area contributed by atoms with E-state index < -0.39 is 24.3 Å². The predicted molar refractivity (Wildman–Crippen MR) is 188 cm³/mol. The van der Waals surface area contributed by atoms with Crippen LogP contribution in [0.5, 0.6) is 5.75 Å². The molecule has 1 saturated heterocycles. The van der Waals surface area contributed by atoms with Crippen LogP contribution in [0, 0.1) is 0 Å². The van der Waals surface area contributed by atoms with Crippen LogP contribution < -0.4 is 10.6 Å². The fourth-order valence-electron chi connectivity index (χ4n) is 5.58. The van der Waals surface area contributed by atoms with E-state index in [1.807, 2.05) is 78.9 Å². The molecule has 4 N–H and O–H groups in total. The van der Waals surface area contributed by atoms with E-state index in [0.29, 0.717) is 23.8 Å². The largest absolute Gasteiger partial charge is 0.508 e. The van der Waals surface area contributed by atoms with Crippen LogP contribution in [0.2, 0.25) is 0 Å². The lowest BCUT2D eigenvalue weighted by Crippen LogP contribution is -2.47. The van der Waals surface area contributed by atoms with Gasteiger partial charge >= 0.3 is 12.0 Å². The highest BCUT2D eigenvalue weighted by molar-refractivity contribution is 7.99. The molecule has 4 aromatic carbocycles. The zero-order chi connectivity index (χ0) is 35.6. The summed E-state index contributed by atoms with van der Waals surface area (Å²) in [7, 11) is 1.29. The van der Waals surface area contributed by atoms with Gasteiger partial charge in [0.05, 0.1) is 31.6 Å². The molecule has 1 fully saturated rings. The molecule has 2 heterocycles. The zero-order valence-corrected chi connectivity index (χ0v) is 28.6. The number of aromatic nitrogens is 4. The molecule has 1 aliphatic rings. The number of aromatic hydroxyl groups is 1. The summed E-state index contributed by atoms with van der Waals surface area (Å²) in [5, 5.41) is 37.5. The lowest BCUT2D eigenvalue weighted by molar-refractivity contribution is -0.245. The maximum Gasteiger partial charge on any atom is 0.328 e. The lowest BCUT2D eigenvalue weighted by Gasteiger charge is -2.36. The van der Waals surface area contributed by atoms with Crippen molar-refractivity contribution in [1.82, 2.24) is 30.8 Å². The number of phenolic OH excluding ortho intramolecular Hbond substituents is 1. The topological polar surface area (TPSA) is 170 Å². The van der Waals surface area contributed by atoms with E-state index >= 15 is 0 Å². The number of carbonyl (C=O) groups excluding carboxylic acids is 2. The molecule has 0 bridgehead atoms. The molecule has 0 unspecified atom stereocenters. The van der Waals surface area contributed by atoms with Crippen molar-refractivity contribution in [1.29, 1.82) is 0 Å². The quantitative estimate of drug-likeness (QED) is 0.0980. The van der Waals surface area contributed by atoms with E-state index in [2.05, 4.69) is 26.2 Å². The highest BCUT2D eigenvalue weighted by atomic mass is 32.2. The van der Waals surface area contributed by atoms with Crippen molar-refractivity contribution >= 4 is 23.8 Å². The summed E-state index contributed by atoms with van der Waals surface area (Å²) in [4.78, 5) is 25.1. The maximum absolute atomic E-state index is 12.8. The summed E-state index contributed by atoms with van der Waals surface area (Å²) >= 11 is 1.45. The first-order chi connectivity index (χ1) is 24.9. The van der Waals surface area contributed by atoms with Crippen LogP contribution in [0.15, 0.2) is 108 Å². The third-order valence-electron chi connectivity index (χ3n) is 8.33. The summed E-state index contributed by atoms with van der Waals surface area (Å²) in [6, 6.07) is 30.0. The molecule has 1 aliphatic heterocycles. The second-order valence-corrected chi connectivity index (χ2v) is 12.9. The third kappa shape index (κ3) is 9.49. The first-order valence-electron chi connectivity index (χ1n) is 16.3. The molecule has 4 atom stereocenters. The lowest BCUT2D eigenvalue weighted by atomic mass is 10.0. The molecule has 13 nitrogen and oxygen atoms in total. The number of methoxy groups -OCH3 is 1. The second kappa shape index (κ2) is 17.1. The number of nitrogens with one attached hydrogen (secondary N) is 2. The van der Waals surface area contributed by atoms with E-state index in [1.165, 1.54) is 18.9 Å². The van der Waals surface area contributed by atoms with Crippen molar-refractivity contribution in [2.24, 2.45) is 0 Å². The Morgan fingerprint density at radius 2 is 1.63 bits per heavy atom. The van der Waals surface area contributed by atoms with Gasteiger partial charge in [0.1, 0.15) is 11.8 Å². The van der Waals surface area contributed by atoms with Gasteiger partial charge in [0.15, 0.2) is 6.29 Å². The number of hydrogen-bond acceptors (Lipinski definition) is 11. The van der Waals surface area contributed by atoms with Crippen LogP contribution in [-0.2, 0) is 38.6 Å². The van der Waals surface area contributed by atoms with Crippen molar-refractivity contribution in [2.45, 2.75) is 55.7 Å². The average Bonchev–Trinajstić information content (AvgIpc) is 3.65. The molecule has 6 rings (SSSR count). The molecule has 5 aromatic rings. The van der Waals surface area contributed by atoms with E-state index in [-0.39, 0.29) is 31.1 Å². The van der Waals surface area contributed by atoms with Crippen LogP contribution in [0.3, 0.4) is 0 Å². The Kier molecular flexibility index (Phi) is 11.9. The number of nitrogens with zero attached hydrogens (tertiary/aromatic N) is 4. The number of hydrogen-bond donors (Lipinski definition) is 4. The van der Waals surface area contributed by atoms with Crippen LogP contribution in [-0.4, -0.2) is 67.4 Å². The number of rotatable bonds is 13. The number of aliphatic hydroxyl groups is 1. The summed E-state index contributed by atoms with van der Waals surface area (Å²) < 4.78 is 19.5. The highest BCUT2D eigenvalue weighted by Gasteiger charge is 2.33. The molecule has 0 saturated carbocycles. The highest BCUT2D eigenvalue weighted by Crippen LogP contribution is 2.39. The average molecular weight is 711 g/mol. The normalized spacial score (nSPS) is 17.7. The molecule has 0 radical (unpaired) electrons. The first kappa shape index (κ1) is 35.5. The Balaban J connectivity index is 1.10. The van der Waals surface area contributed by atoms with Crippen LogP contribution in [0.1, 0.15) is 46.6 Å². The molecule has 14 heteroatoms. The number of aliphatic hydroxyl groups excluding tert-OH is 1. The number of tetrazole rings is 1. The third-order valence-corrected chi connectivity index (χ3v) is 9.38. The van der Waals surface area contributed by atoms with Gasteiger partial charge in [-0.15, -0.1) is 5.10 Å². The van der Waals surface area contributed by atoms with Gasteiger partial charge in [0.2, 0.25) is 5.16 Å². The van der Waals surface area contributed by atoms with Crippen LogP contribution >= 0.6 is 11.8 Å². The van der Waals surface area contributed by atoms with Crippen molar-refractivity contribution in [3.63, 3.8) is 0 Å². The molecule has 0 spiro atoms. The van der Waals surface area contributed by atoms with Gasteiger partial charge in [-0.25, -0.2) is 9.59 Å². The number of thioether (sulfide) groups is 1. The minimum absolute atomic E-state index is 0.0467. The first-order valence-corrected chi connectivity index (χ1v) is 17.3. The number of urea groups is 1. The van der Waals surface area contributed by atoms with Crippen molar-refractivity contribution in [3.05, 3.63) is 131 Å². The van der Waals surface area contributed by atoms with Gasteiger partial charge in [-0.3, -0.25) is 0 Å². The van der Waals surface area contributed by atoms with Crippen LogP contribution in [0.4, 0.5) is 4.79 Å². The zero-order valence-electron chi connectivity index (χ0n) is 27.8. The van der Waals surface area contributed by atoms with Gasteiger partial charge in [-0.05, 0) is 56.9 Å². The molecule has 0 aliphatic carbocycles. The molecular formula is C37H38N6O7S. The Hall–Kier alpha value is -5.28. The fraction of sp³-hybridized carbons (Fsp3) is 0.270. The van der Waals surface area contributed by atoms with Gasteiger partial charge in [-0.2, -0.15) is 4.68 Å². The smallest absolute Gasteiger partial charge is 0.328 e. The summed E-state index contributed by atoms with van der Waals surface area (Å²) in [6.07, 6.45) is -0.303. The monoisotopic (exact) mass is 710 g/mol. The van der Waals surface area contributed by atoms with Crippen molar-refractivity contribution < 1.29 is 34.0 Å². The summed E-state index contributed by atoms with van der Waals surface area (Å²) in [5.41, 5.74) is 5.04. The van der Waals surface area contributed by atoms with Crippen molar-refractivity contribution in [2.75, 3.05) is 12.9 Å². The van der Waals surface area contributed by atoms with Crippen molar-refractivity contribution in [3.8, 4) is 11.4 Å². The van der Waals surface area contributed by atoms with Gasteiger partial charge in [0, 0.05) is 30.7 Å². The fourth-order valence-corrected chi connectivity index (χ4v) is 6.49. The molecule has 51 heavy (non-hydrogen) atoms. The predicted octanol–water partition coefficient (Wildman–Crippen LogP) is 4.78. The standard InChI is InChI=1S/C37H38N6O7S/c1-48-34(46)32(19-24-5-3-2-4-6-24)39-36(47)38-21-25-7-13-28(14-8-25)35-49-31(20-33(50-35)27-11-9-26(22-44)10-12-27)23-51-37-40-41-42-43(37)29-15-17-30(45)18-16-29/h2-18,31-33,35,44-45H,19-23H2,1H3,(H2,38,39,47)/t31-,32+,33+,35+/m1/s1. The SMILES string of the molecule is COC(=O)[C@H](Cc1ccccc1)NC(=O)NCc1ccc([C@H]2O[C@@H](CSc3nnnn3-c3ccc(O)cc3)C[C@@H](c3ccc(CO)cc3)O2)cc1. The van der Waals surface area contributed by atoms with Gasteiger partial charge < -0.3 is 35.1 Å². The minimum Gasteiger partial charge on any atom is -0.508 e. The van der Waals surface area contributed by atoms with E-state index in [9.17, 15) is 19.8 Å². The second-order valence-electron chi connectivity index (χ2n) is 11.9. The Labute approximate surface area is 298 Å². The Morgan fingerprint density at radius 3 is 2.33 bits per heavy atom. The number of carbonyl (C=O) groups is 2.